The summed E-state index contributed by atoms with van der Waals surface area (Å²) in [5.41, 5.74) is 3.97. The first-order valence-corrected chi connectivity index (χ1v) is 11.9. The van der Waals surface area contributed by atoms with Crippen molar-refractivity contribution in [3.63, 3.8) is 0 Å². The van der Waals surface area contributed by atoms with Crippen LogP contribution >= 0.6 is 0 Å². The number of sulfonamides is 1. The Kier molecular flexibility index (Phi) is 8.29. The topological polar surface area (TPSA) is 131 Å². The Balaban J connectivity index is 1.84. The molecule has 1 amide bonds. The summed E-state index contributed by atoms with van der Waals surface area (Å²) in [6.45, 7) is 1.19. The molecule has 0 saturated carbocycles. The number of hydrazone groups is 1. The first-order chi connectivity index (χ1) is 16.7. The second-order valence-corrected chi connectivity index (χ2v) is 9.46. The molecule has 0 aliphatic rings. The van der Waals surface area contributed by atoms with Gasteiger partial charge in [0.15, 0.2) is 0 Å². The average molecular weight is 497 g/mol. The molecule has 182 valence electrons. The van der Waals surface area contributed by atoms with Crippen molar-refractivity contribution < 1.29 is 22.9 Å². The fourth-order valence-electron chi connectivity index (χ4n) is 3.23. The number of hydrogen-bond donors (Lipinski definition) is 1. The zero-order chi connectivity index (χ0) is 25.4. The molecule has 1 N–H and O–H groups in total. The van der Waals surface area contributed by atoms with Crippen LogP contribution in [0.4, 0.5) is 5.69 Å². The Bertz CT molecular complexity index is 1340. The summed E-state index contributed by atoms with van der Waals surface area (Å²) >= 11 is 0. The fraction of sp³-hybridized carbons (Fsp3) is 0.167. The van der Waals surface area contributed by atoms with Crippen LogP contribution in [0, 0.1) is 17.0 Å². The van der Waals surface area contributed by atoms with E-state index in [1.807, 2.05) is 0 Å². The van der Waals surface area contributed by atoms with Crippen molar-refractivity contribution in [1.29, 1.82) is 0 Å². The lowest BCUT2D eigenvalue weighted by atomic mass is 10.2. The van der Waals surface area contributed by atoms with E-state index in [1.54, 1.807) is 55.5 Å². The van der Waals surface area contributed by atoms with Gasteiger partial charge in [0.05, 0.1) is 24.8 Å². The molecule has 0 aromatic heterocycles. The van der Waals surface area contributed by atoms with Gasteiger partial charge < -0.3 is 4.74 Å². The smallest absolute Gasteiger partial charge is 0.270 e. The normalized spacial score (nSPS) is 11.5. The summed E-state index contributed by atoms with van der Waals surface area (Å²) in [5, 5.41) is 14.7. The number of benzene rings is 3. The van der Waals surface area contributed by atoms with E-state index in [1.165, 1.54) is 37.6 Å². The molecule has 0 atom stereocenters. The van der Waals surface area contributed by atoms with Crippen LogP contribution in [0.25, 0.3) is 0 Å². The molecule has 0 bridgehead atoms. The van der Waals surface area contributed by atoms with Gasteiger partial charge in [-0.2, -0.15) is 9.41 Å². The van der Waals surface area contributed by atoms with E-state index in [0.29, 0.717) is 11.1 Å². The third-order valence-electron chi connectivity index (χ3n) is 4.94. The van der Waals surface area contributed by atoms with Crippen molar-refractivity contribution in [3.05, 3.63) is 99.6 Å². The number of non-ortho nitro benzene ring substituents is 1. The molecule has 3 aromatic rings. The molecule has 0 fully saturated rings. The first kappa shape index (κ1) is 25.5. The minimum atomic E-state index is -4.13. The van der Waals surface area contributed by atoms with E-state index in [0.717, 1.165) is 9.87 Å². The molecular weight excluding hydrogens is 472 g/mol. The molecule has 11 heteroatoms. The van der Waals surface area contributed by atoms with Gasteiger partial charge in [-0.05, 0) is 30.2 Å². The predicted molar refractivity (Wildman–Crippen MR) is 131 cm³/mol. The number of rotatable bonds is 10. The van der Waals surface area contributed by atoms with Gasteiger partial charge in [0.25, 0.3) is 11.6 Å². The number of hydrogen-bond acceptors (Lipinski definition) is 7. The number of nitrogens with one attached hydrogen (secondary N) is 1. The summed E-state index contributed by atoms with van der Waals surface area (Å²) in [4.78, 5) is 23.0. The van der Waals surface area contributed by atoms with Crippen LogP contribution in [-0.4, -0.2) is 43.4 Å². The average Bonchev–Trinajstić information content (AvgIpc) is 2.84. The lowest BCUT2D eigenvalue weighted by molar-refractivity contribution is -0.384. The maximum absolute atomic E-state index is 13.6. The van der Waals surface area contributed by atoms with Gasteiger partial charge in [-0.15, -0.1) is 0 Å². The van der Waals surface area contributed by atoms with Gasteiger partial charge in [-0.1, -0.05) is 48.5 Å². The molecule has 0 heterocycles. The minimum Gasteiger partial charge on any atom is -0.495 e. The summed E-state index contributed by atoms with van der Waals surface area (Å²) in [7, 11) is -2.76. The number of aryl methyl sites for hydroxylation is 1. The van der Waals surface area contributed by atoms with Crippen molar-refractivity contribution in [2.75, 3.05) is 13.7 Å². The van der Waals surface area contributed by atoms with E-state index < -0.39 is 27.4 Å². The number of nitro benzene ring substituents is 1. The van der Waals surface area contributed by atoms with Gasteiger partial charge in [-0.3, -0.25) is 14.9 Å². The highest BCUT2D eigenvalue weighted by molar-refractivity contribution is 7.89. The highest BCUT2D eigenvalue weighted by Gasteiger charge is 2.30. The quantitative estimate of drug-likeness (QED) is 0.260. The van der Waals surface area contributed by atoms with Crippen LogP contribution in [-0.2, 0) is 21.4 Å². The van der Waals surface area contributed by atoms with Crippen molar-refractivity contribution in [2.24, 2.45) is 5.10 Å². The highest BCUT2D eigenvalue weighted by atomic mass is 32.2. The monoisotopic (exact) mass is 496 g/mol. The van der Waals surface area contributed by atoms with Crippen LogP contribution in [0.5, 0.6) is 5.75 Å². The molecule has 3 rings (SSSR count). The number of amides is 1. The van der Waals surface area contributed by atoms with Crippen LogP contribution in [0.3, 0.4) is 0 Å². The third-order valence-corrected chi connectivity index (χ3v) is 6.76. The van der Waals surface area contributed by atoms with Crippen LogP contribution in [0.15, 0.2) is 82.8 Å². The molecule has 10 nitrogen and oxygen atoms in total. The molecular formula is C24H24N4O6S. The standard InChI is InChI=1S/C24H24N4O6S/c1-18-11-12-22(34-2)23(13-18)35(32,33)27(16-19-7-4-3-5-8-19)17-24(29)26-25-15-20-9-6-10-21(14-20)28(30)31/h3-15H,16-17H2,1-2H3,(H,26,29). The Hall–Kier alpha value is -4.09. The van der Waals surface area contributed by atoms with Crippen molar-refractivity contribution in [3.8, 4) is 5.75 Å². The second kappa shape index (κ2) is 11.4. The van der Waals surface area contributed by atoms with Gasteiger partial charge >= 0.3 is 0 Å². The Morgan fingerprint density at radius 2 is 1.86 bits per heavy atom. The molecule has 0 radical (unpaired) electrons. The van der Waals surface area contributed by atoms with Crippen LogP contribution in [0.1, 0.15) is 16.7 Å². The van der Waals surface area contributed by atoms with Gasteiger partial charge in [0.1, 0.15) is 10.6 Å². The molecule has 0 aliphatic heterocycles. The summed E-state index contributed by atoms with van der Waals surface area (Å²) in [6.07, 6.45) is 1.24. The number of carbonyl (C=O) groups is 1. The lowest BCUT2D eigenvalue weighted by Crippen LogP contribution is -2.39. The first-order valence-electron chi connectivity index (χ1n) is 10.5. The van der Waals surface area contributed by atoms with Gasteiger partial charge in [0, 0.05) is 24.2 Å². The lowest BCUT2D eigenvalue weighted by Gasteiger charge is -2.23. The molecule has 0 unspecified atom stereocenters. The summed E-state index contributed by atoms with van der Waals surface area (Å²) in [5.74, 6) is -0.518. The van der Waals surface area contributed by atoms with Gasteiger partial charge in [0.2, 0.25) is 10.0 Å². The molecule has 0 spiro atoms. The number of nitro groups is 1. The second-order valence-electron chi connectivity index (χ2n) is 7.56. The SMILES string of the molecule is COc1ccc(C)cc1S(=O)(=O)N(CC(=O)NN=Cc1cccc([N+](=O)[O-])c1)Cc1ccccc1. The van der Waals surface area contributed by atoms with Gasteiger partial charge in [-0.25, -0.2) is 13.8 Å². The minimum absolute atomic E-state index is 0.0520. The number of ether oxygens (including phenoxy) is 1. The Labute approximate surface area is 203 Å². The summed E-state index contributed by atoms with van der Waals surface area (Å²) in [6, 6.07) is 19.4. The van der Waals surface area contributed by atoms with E-state index in [4.69, 9.17) is 4.74 Å². The van der Waals surface area contributed by atoms with E-state index in [2.05, 4.69) is 10.5 Å². The fourth-order valence-corrected chi connectivity index (χ4v) is 4.86. The summed E-state index contributed by atoms with van der Waals surface area (Å²) < 4.78 is 33.4. The van der Waals surface area contributed by atoms with E-state index >= 15 is 0 Å². The zero-order valence-corrected chi connectivity index (χ0v) is 19.9. The van der Waals surface area contributed by atoms with Crippen molar-refractivity contribution in [1.82, 2.24) is 9.73 Å². The molecule has 0 saturated heterocycles. The molecule has 0 aliphatic carbocycles. The molecule has 3 aromatic carbocycles. The highest BCUT2D eigenvalue weighted by Crippen LogP contribution is 2.28. The third kappa shape index (κ3) is 6.71. The van der Waals surface area contributed by atoms with Crippen molar-refractivity contribution >= 4 is 27.8 Å². The van der Waals surface area contributed by atoms with Crippen LogP contribution < -0.4 is 10.2 Å². The maximum Gasteiger partial charge on any atom is 0.270 e. The van der Waals surface area contributed by atoms with E-state index in [9.17, 15) is 23.3 Å². The number of carbonyl (C=O) groups excluding carboxylic acids is 1. The Morgan fingerprint density at radius 1 is 1.11 bits per heavy atom. The maximum atomic E-state index is 13.6. The molecule has 35 heavy (non-hydrogen) atoms. The largest absolute Gasteiger partial charge is 0.495 e. The number of methoxy groups -OCH3 is 1. The van der Waals surface area contributed by atoms with E-state index in [-0.39, 0.29) is 22.9 Å². The Morgan fingerprint density at radius 3 is 2.54 bits per heavy atom. The van der Waals surface area contributed by atoms with Crippen LogP contribution in [0.2, 0.25) is 0 Å². The number of nitrogens with zero attached hydrogens (tertiary/aromatic N) is 3. The predicted octanol–water partition coefficient (Wildman–Crippen LogP) is 3.25. The van der Waals surface area contributed by atoms with Crippen molar-refractivity contribution in [2.45, 2.75) is 18.4 Å². The zero-order valence-electron chi connectivity index (χ0n) is 19.1.